The van der Waals surface area contributed by atoms with Crippen LogP contribution in [-0.4, -0.2) is 49.1 Å². The SMILES string of the molecule is CCOc1ccc(C(=O)CN2CC(C)OC(C)C2)cc1C. The number of ether oxygens (including phenoxy) is 2. The van der Waals surface area contributed by atoms with Crippen LogP contribution in [0.25, 0.3) is 0 Å². The maximum absolute atomic E-state index is 12.4. The molecule has 0 saturated carbocycles. The molecule has 0 bridgehead atoms. The summed E-state index contributed by atoms with van der Waals surface area (Å²) in [6.45, 7) is 10.7. The molecular weight excluding hydrogens is 266 g/mol. The fourth-order valence-electron chi connectivity index (χ4n) is 2.85. The van der Waals surface area contributed by atoms with Gasteiger partial charge >= 0.3 is 0 Å². The minimum absolute atomic E-state index is 0.155. The van der Waals surface area contributed by atoms with Crippen molar-refractivity contribution in [1.29, 1.82) is 0 Å². The van der Waals surface area contributed by atoms with Gasteiger partial charge in [-0.2, -0.15) is 0 Å². The standard InChI is InChI=1S/C17H25NO3/c1-5-20-17-7-6-15(8-12(17)2)16(19)11-18-9-13(3)21-14(4)10-18/h6-8,13-14H,5,9-11H2,1-4H3. The Morgan fingerprint density at radius 1 is 1.33 bits per heavy atom. The van der Waals surface area contributed by atoms with Gasteiger partial charge in [0.15, 0.2) is 5.78 Å². The van der Waals surface area contributed by atoms with Crippen molar-refractivity contribution in [2.45, 2.75) is 39.9 Å². The Bertz CT molecular complexity index is 491. The Hall–Kier alpha value is -1.39. The number of ketones is 1. The van der Waals surface area contributed by atoms with E-state index < -0.39 is 0 Å². The molecule has 2 rings (SSSR count). The van der Waals surface area contributed by atoms with Gasteiger partial charge in [0.1, 0.15) is 5.75 Å². The highest BCUT2D eigenvalue weighted by atomic mass is 16.5. The number of hydrogen-bond acceptors (Lipinski definition) is 4. The first-order valence-corrected chi connectivity index (χ1v) is 7.64. The zero-order chi connectivity index (χ0) is 15.4. The van der Waals surface area contributed by atoms with Gasteiger partial charge in [0.2, 0.25) is 0 Å². The third-order valence-corrected chi connectivity index (χ3v) is 3.66. The molecule has 1 aliphatic heterocycles. The van der Waals surface area contributed by atoms with E-state index in [1.807, 2.05) is 45.9 Å². The summed E-state index contributed by atoms with van der Waals surface area (Å²) in [5.74, 6) is 1.00. The lowest BCUT2D eigenvalue weighted by Crippen LogP contribution is -2.47. The van der Waals surface area contributed by atoms with Crippen LogP contribution in [0.4, 0.5) is 0 Å². The first-order valence-electron chi connectivity index (χ1n) is 7.64. The van der Waals surface area contributed by atoms with Gasteiger partial charge in [0, 0.05) is 18.7 Å². The molecule has 0 spiro atoms. The molecule has 0 aromatic heterocycles. The number of nitrogens with zero attached hydrogens (tertiary/aromatic N) is 1. The molecule has 4 heteroatoms. The molecular formula is C17H25NO3. The topological polar surface area (TPSA) is 38.8 Å². The van der Waals surface area contributed by atoms with Crippen LogP contribution < -0.4 is 4.74 Å². The molecule has 1 aliphatic rings. The van der Waals surface area contributed by atoms with Crippen LogP contribution in [0.2, 0.25) is 0 Å². The summed E-state index contributed by atoms with van der Waals surface area (Å²) in [6, 6.07) is 5.66. The molecule has 4 nitrogen and oxygen atoms in total. The van der Waals surface area contributed by atoms with Crippen molar-refractivity contribution in [3.8, 4) is 5.75 Å². The van der Waals surface area contributed by atoms with Crippen LogP contribution in [0.3, 0.4) is 0 Å². The molecule has 0 aliphatic carbocycles. The average Bonchev–Trinajstić information content (AvgIpc) is 2.40. The highest BCUT2D eigenvalue weighted by Crippen LogP contribution is 2.20. The van der Waals surface area contributed by atoms with Crippen molar-refractivity contribution in [3.63, 3.8) is 0 Å². The summed E-state index contributed by atoms with van der Waals surface area (Å²) >= 11 is 0. The normalized spacial score (nSPS) is 23.0. The van der Waals surface area contributed by atoms with Crippen LogP contribution in [-0.2, 0) is 4.74 Å². The predicted octanol–water partition coefficient (Wildman–Crippen LogP) is 2.69. The zero-order valence-corrected chi connectivity index (χ0v) is 13.4. The van der Waals surface area contributed by atoms with Crippen LogP contribution in [0.15, 0.2) is 18.2 Å². The summed E-state index contributed by atoms with van der Waals surface area (Å²) in [7, 11) is 0. The van der Waals surface area contributed by atoms with E-state index in [9.17, 15) is 4.79 Å². The van der Waals surface area contributed by atoms with Gasteiger partial charge in [-0.05, 0) is 51.5 Å². The quantitative estimate of drug-likeness (QED) is 0.782. The van der Waals surface area contributed by atoms with Crippen LogP contribution in [0.5, 0.6) is 5.75 Å². The van der Waals surface area contributed by atoms with Crippen LogP contribution in [0.1, 0.15) is 36.7 Å². The van der Waals surface area contributed by atoms with Crippen LogP contribution in [0, 0.1) is 6.92 Å². The number of rotatable bonds is 5. The third kappa shape index (κ3) is 4.29. The molecule has 1 heterocycles. The molecule has 116 valence electrons. The van der Waals surface area contributed by atoms with Gasteiger partial charge in [0.05, 0.1) is 25.4 Å². The smallest absolute Gasteiger partial charge is 0.176 e. The van der Waals surface area contributed by atoms with Crippen molar-refractivity contribution in [3.05, 3.63) is 29.3 Å². The van der Waals surface area contributed by atoms with Gasteiger partial charge in [-0.1, -0.05) is 0 Å². The van der Waals surface area contributed by atoms with E-state index in [-0.39, 0.29) is 18.0 Å². The van der Waals surface area contributed by atoms with Crippen LogP contribution >= 0.6 is 0 Å². The second-order valence-electron chi connectivity index (χ2n) is 5.79. The van der Waals surface area contributed by atoms with Gasteiger partial charge in [0.25, 0.3) is 0 Å². The number of Topliss-reactive ketones (excluding diaryl/α,β-unsaturated/α-hetero) is 1. The first kappa shape index (κ1) is 16.0. The molecule has 2 atom stereocenters. The number of benzene rings is 1. The highest BCUT2D eigenvalue weighted by molar-refractivity contribution is 5.98. The Morgan fingerprint density at radius 3 is 2.57 bits per heavy atom. The Morgan fingerprint density at radius 2 is 2.00 bits per heavy atom. The third-order valence-electron chi connectivity index (χ3n) is 3.66. The first-order chi connectivity index (χ1) is 9.99. The largest absolute Gasteiger partial charge is 0.494 e. The summed E-state index contributed by atoms with van der Waals surface area (Å²) in [4.78, 5) is 14.6. The van der Waals surface area contributed by atoms with Gasteiger partial charge in [-0.15, -0.1) is 0 Å². The lowest BCUT2D eigenvalue weighted by molar-refractivity contribution is -0.0652. The van der Waals surface area contributed by atoms with Crippen molar-refractivity contribution in [2.75, 3.05) is 26.2 Å². The van der Waals surface area contributed by atoms with E-state index in [0.29, 0.717) is 13.2 Å². The fourth-order valence-corrected chi connectivity index (χ4v) is 2.85. The fraction of sp³-hybridized carbons (Fsp3) is 0.588. The Kier molecular flexibility index (Phi) is 5.37. The van der Waals surface area contributed by atoms with Gasteiger partial charge in [-0.25, -0.2) is 0 Å². The lowest BCUT2D eigenvalue weighted by Gasteiger charge is -2.34. The minimum Gasteiger partial charge on any atom is -0.494 e. The van der Waals surface area contributed by atoms with E-state index in [1.165, 1.54) is 0 Å². The van der Waals surface area contributed by atoms with E-state index in [0.717, 1.165) is 30.0 Å². The molecule has 1 saturated heterocycles. The van der Waals surface area contributed by atoms with Crippen molar-refractivity contribution >= 4 is 5.78 Å². The molecule has 0 radical (unpaired) electrons. The Labute approximate surface area is 127 Å². The number of morpholine rings is 1. The lowest BCUT2D eigenvalue weighted by atomic mass is 10.1. The number of carbonyl (C=O) groups is 1. The van der Waals surface area contributed by atoms with Crippen molar-refractivity contribution < 1.29 is 14.3 Å². The second-order valence-corrected chi connectivity index (χ2v) is 5.79. The zero-order valence-electron chi connectivity index (χ0n) is 13.4. The minimum atomic E-state index is 0.155. The van der Waals surface area contributed by atoms with E-state index >= 15 is 0 Å². The average molecular weight is 291 g/mol. The predicted molar refractivity (Wildman–Crippen MR) is 83.1 cm³/mol. The van der Waals surface area contributed by atoms with Gasteiger partial charge in [-0.3, -0.25) is 9.69 Å². The molecule has 1 aromatic carbocycles. The summed E-state index contributed by atoms with van der Waals surface area (Å²) in [5, 5.41) is 0. The molecule has 0 amide bonds. The summed E-state index contributed by atoms with van der Waals surface area (Å²) in [6.07, 6.45) is 0.368. The molecule has 2 unspecified atom stereocenters. The van der Waals surface area contributed by atoms with Crippen molar-refractivity contribution in [2.24, 2.45) is 0 Å². The monoisotopic (exact) mass is 291 g/mol. The van der Waals surface area contributed by atoms with E-state index in [4.69, 9.17) is 9.47 Å². The Balaban J connectivity index is 2.01. The second kappa shape index (κ2) is 7.05. The van der Waals surface area contributed by atoms with E-state index in [2.05, 4.69) is 4.90 Å². The van der Waals surface area contributed by atoms with Gasteiger partial charge < -0.3 is 9.47 Å². The maximum atomic E-state index is 12.4. The maximum Gasteiger partial charge on any atom is 0.176 e. The molecule has 0 N–H and O–H groups in total. The number of aryl methyl sites for hydroxylation is 1. The van der Waals surface area contributed by atoms with Crippen molar-refractivity contribution in [1.82, 2.24) is 4.90 Å². The summed E-state index contributed by atoms with van der Waals surface area (Å²) < 4.78 is 11.2. The number of hydrogen-bond donors (Lipinski definition) is 0. The molecule has 1 aromatic rings. The molecule has 21 heavy (non-hydrogen) atoms. The molecule has 1 fully saturated rings. The summed E-state index contributed by atoms with van der Waals surface area (Å²) in [5.41, 5.74) is 1.76. The number of carbonyl (C=O) groups excluding carboxylic acids is 1. The van der Waals surface area contributed by atoms with E-state index in [1.54, 1.807) is 0 Å². The highest BCUT2D eigenvalue weighted by Gasteiger charge is 2.24.